The van der Waals surface area contributed by atoms with Gasteiger partial charge in [0.25, 0.3) is 0 Å². The van der Waals surface area contributed by atoms with Crippen molar-refractivity contribution in [1.29, 1.82) is 0 Å². The fraction of sp³-hybridized carbons (Fsp3) is 0.300. The molecule has 1 aromatic carbocycles. The topological polar surface area (TPSA) is 74.7 Å². The molecular weight excluding hydrogens is 214 g/mol. The predicted molar refractivity (Wildman–Crippen MR) is 61.1 cm³/mol. The molecule has 0 spiro atoms. The van der Waals surface area contributed by atoms with Crippen molar-refractivity contribution in [2.45, 2.75) is 19.4 Å². The van der Waals surface area contributed by atoms with Gasteiger partial charge in [-0.05, 0) is 24.1 Å². The lowest BCUT2D eigenvalue weighted by molar-refractivity contribution is 0.700. The third-order valence-corrected chi connectivity index (χ3v) is 2.80. The van der Waals surface area contributed by atoms with E-state index in [2.05, 4.69) is 9.97 Å². The lowest BCUT2D eigenvalue weighted by Crippen LogP contribution is -2.09. The van der Waals surface area contributed by atoms with E-state index in [1.54, 1.807) is 6.07 Å². The molecule has 1 heterocycles. The Kier molecular flexibility index (Phi) is 2.54. The van der Waals surface area contributed by atoms with Crippen LogP contribution in [0.3, 0.4) is 0 Å². The van der Waals surface area contributed by atoms with Crippen molar-refractivity contribution in [3.05, 3.63) is 33.2 Å². The maximum absolute atomic E-state index is 11.1. The Morgan fingerprint density at radius 3 is 2.60 bits per heavy atom. The SMILES string of the molecule is CCC(N)c1cc2[nH]c(=O)[nH]c2cc1Cl. The van der Waals surface area contributed by atoms with E-state index >= 15 is 0 Å². The Morgan fingerprint density at radius 2 is 2.00 bits per heavy atom. The zero-order chi connectivity index (χ0) is 11.0. The molecule has 15 heavy (non-hydrogen) atoms. The number of rotatable bonds is 2. The first kappa shape index (κ1) is 10.3. The minimum Gasteiger partial charge on any atom is -0.324 e. The van der Waals surface area contributed by atoms with Gasteiger partial charge in [0.1, 0.15) is 0 Å². The maximum atomic E-state index is 11.1. The lowest BCUT2D eigenvalue weighted by atomic mass is 10.0. The standard InChI is InChI=1S/C10H12ClN3O/c1-2-7(12)5-3-8-9(4-6(5)11)14-10(15)13-8/h3-4,7H,2,12H2,1H3,(H2,13,14,15). The second-order valence-electron chi connectivity index (χ2n) is 3.51. The first-order chi connectivity index (χ1) is 7.11. The lowest BCUT2D eigenvalue weighted by Gasteiger charge is -2.10. The van der Waals surface area contributed by atoms with Gasteiger partial charge in [-0.3, -0.25) is 0 Å². The Labute approximate surface area is 91.4 Å². The van der Waals surface area contributed by atoms with Crippen LogP contribution in [0.25, 0.3) is 11.0 Å². The molecule has 1 unspecified atom stereocenters. The molecule has 5 heteroatoms. The minimum absolute atomic E-state index is 0.0969. The third-order valence-electron chi connectivity index (χ3n) is 2.47. The van der Waals surface area contributed by atoms with Gasteiger partial charge in [0.05, 0.1) is 11.0 Å². The summed E-state index contributed by atoms with van der Waals surface area (Å²) in [6.45, 7) is 1.99. The number of imidazole rings is 1. The average molecular weight is 226 g/mol. The van der Waals surface area contributed by atoms with E-state index in [9.17, 15) is 4.79 Å². The van der Waals surface area contributed by atoms with Crippen LogP contribution in [0.4, 0.5) is 0 Å². The van der Waals surface area contributed by atoms with Gasteiger partial charge >= 0.3 is 5.69 Å². The molecule has 0 aliphatic rings. The fourth-order valence-electron chi connectivity index (χ4n) is 1.58. The molecule has 4 N–H and O–H groups in total. The Balaban J connectivity index is 2.66. The molecule has 0 fully saturated rings. The van der Waals surface area contributed by atoms with Crippen LogP contribution in [-0.2, 0) is 0 Å². The van der Waals surface area contributed by atoms with Crippen LogP contribution in [0.15, 0.2) is 16.9 Å². The van der Waals surface area contributed by atoms with Gasteiger partial charge in [-0.25, -0.2) is 4.79 Å². The number of hydrogen-bond acceptors (Lipinski definition) is 2. The summed E-state index contributed by atoms with van der Waals surface area (Å²) in [5.41, 5.74) is 7.98. The zero-order valence-electron chi connectivity index (χ0n) is 8.30. The van der Waals surface area contributed by atoms with Crippen LogP contribution in [0.5, 0.6) is 0 Å². The fourth-order valence-corrected chi connectivity index (χ4v) is 1.88. The van der Waals surface area contributed by atoms with Crippen LogP contribution in [0.2, 0.25) is 5.02 Å². The smallest absolute Gasteiger partial charge is 0.323 e. The van der Waals surface area contributed by atoms with Gasteiger partial charge in [0.2, 0.25) is 0 Å². The van der Waals surface area contributed by atoms with Gasteiger partial charge in [0.15, 0.2) is 0 Å². The molecule has 0 aliphatic carbocycles. The molecule has 1 atom stereocenters. The van der Waals surface area contributed by atoms with E-state index in [1.165, 1.54) is 0 Å². The van der Waals surface area contributed by atoms with Gasteiger partial charge < -0.3 is 15.7 Å². The second-order valence-corrected chi connectivity index (χ2v) is 3.92. The minimum atomic E-state index is -0.233. The van der Waals surface area contributed by atoms with E-state index < -0.39 is 0 Å². The summed E-state index contributed by atoms with van der Waals surface area (Å²) in [5, 5.41) is 0.590. The summed E-state index contributed by atoms with van der Waals surface area (Å²) in [5.74, 6) is 0. The summed E-state index contributed by atoms with van der Waals surface area (Å²) < 4.78 is 0. The summed E-state index contributed by atoms with van der Waals surface area (Å²) >= 11 is 6.07. The average Bonchev–Trinajstić information content (AvgIpc) is 2.55. The molecule has 0 saturated carbocycles. The molecule has 0 amide bonds. The molecule has 0 saturated heterocycles. The number of hydrogen-bond donors (Lipinski definition) is 3. The van der Waals surface area contributed by atoms with Crippen molar-refractivity contribution >= 4 is 22.6 Å². The van der Waals surface area contributed by atoms with E-state index in [0.29, 0.717) is 10.5 Å². The Hall–Kier alpha value is -1.26. The highest BCUT2D eigenvalue weighted by atomic mass is 35.5. The molecule has 1 aromatic heterocycles. The van der Waals surface area contributed by atoms with Crippen LogP contribution < -0.4 is 11.4 Å². The number of benzene rings is 1. The molecule has 0 radical (unpaired) electrons. The zero-order valence-corrected chi connectivity index (χ0v) is 9.06. The number of nitrogens with one attached hydrogen (secondary N) is 2. The number of H-pyrrole nitrogens is 2. The van der Waals surface area contributed by atoms with Crippen molar-refractivity contribution in [2.75, 3.05) is 0 Å². The second kappa shape index (κ2) is 3.72. The molecule has 2 rings (SSSR count). The Morgan fingerprint density at radius 1 is 1.40 bits per heavy atom. The highest BCUT2D eigenvalue weighted by Gasteiger charge is 2.10. The quantitative estimate of drug-likeness (QED) is 0.731. The monoisotopic (exact) mass is 225 g/mol. The summed E-state index contributed by atoms with van der Waals surface area (Å²) in [7, 11) is 0. The molecule has 4 nitrogen and oxygen atoms in total. The van der Waals surface area contributed by atoms with E-state index in [-0.39, 0.29) is 11.7 Å². The van der Waals surface area contributed by atoms with Crippen LogP contribution in [-0.4, -0.2) is 9.97 Å². The van der Waals surface area contributed by atoms with E-state index in [1.807, 2.05) is 13.0 Å². The third kappa shape index (κ3) is 1.78. The van der Waals surface area contributed by atoms with Gasteiger partial charge in [-0.15, -0.1) is 0 Å². The van der Waals surface area contributed by atoms with Crippen LogP contribution in [0, 0.1) is 0 Å². The highest BCUT2D eigenvalue weighted by molar-refractivity contribution is 6.32. The van der Waals surface area contributed by atoms with Crippen molar-refractivity contribution < 1.29 is 0 Å². The van der Waals surface area contributed by atoms with E-state index in [0.717, 1.165) is 17.5 Å². The van der Waals surface area contributed by atoms with Gasteiger partial charge in [-0.1, -0.05) is 18.5 Å². The number of aromatic nitrogens is 2. The normalized spacial score (nSPS) is 13.3. The summed E-state index contributed by atoms with van der Waals surface area (Å²) in [6.07, 6.45) is 0.805. The van der Waals surface area contributed by atoms with Crippen molar-refractivity contribution in [1.82, 2.24) is 9.97 Å². The maximum Gasteiger partial charge on any atom is 0.323 e. The van der Waals surface area contributed by atoms with Crippen LogP contribution in [0.1, 0.15) is 24.9 Å². The first-order valence-electron chi connectivity index (χ1n) is 4.79. The summed E-state index contributed by atoms with van der Waals surface area (Å²) in [6, 6.07) is 3.45. The first-order valence-corrected chi connectivity index (χ1v) is 5.16. The number of halogens is 1. The van der Waals surface area contributed by atoms with Crippen LogP contribution >= 0.6 is 11.6 Å². The molecule has 0 aliphatic heterocycles. The number of aromatic amines is 2. The number of fused-ring (bicyclic) bond motifs is 1. The predicted octanol–water partition coefficient (Wildman–Crippen LogP) is 1.92. The molecule has 0 bridgehead atoms. The molecule has 2 aromatic rings. The van der Waals surface area contributed by atoms with Crippen molar-refractivity contribution in [3.8, 4) is 0 Å². The van der Waals surface area contributed by atoms with Crippen molar-refractivity contribution in [2.24, 2.45) is 5.73 Å². The van der Waals surface area contributed by atoms with Crippen molar-refractivity contribution in [3.63, 3.8) is 0 Å². The van der Waals surface area contributed by atoms with E-state index in [4.69, 9.17) is 17.3 Å². The Bertz CT molecular complexity index is 543. The summed E-state index contributed by atoms with van der Waals surface area (Å²) in [4.78, 5) is 16.4. The molecule has 80 valence electrons. The number of nitrogens with two attached hydrogens (primary N) is 1. The van der Waals surface area contributed by atoms with Gasteiger partial charge in [-0.2, -0.15) is 0 Å². The largest absolute Gasteiger partial charge is 0.324 e. The highest BCUT2D eigenvalue weighted by Crippen LogP contribution is 2.26. The van der Waals surface area contributed by atoms with Gasteiger partial charge in [0, 0.05) is 11.1 Å². The molecular formula is C10H12ClN3O.